The summed E-state index contributed by atoms with van der Waals surface area (Å²) in [6.45, 7) is 3.60. The average molecular weight is 351 g/mol. The molecule has 0 aliphatic heterocycles. The van der Waals surface area contributed by atoms with E-state index in [9.17, 15) is 4.79 Å². The molecular weight excluding hydrogens is 328 g/mol. The van der Waals surface area contributed by atoms with Gasteiger partial charge in [0.05, 0.1) is 26.9 Å². The van der Waals surface area contributed by atoms with Crippen molar-refractivity contribution in [3.05, 3.63) is 52.5 Å². The van der Waals surface area contributed by atoms with Gasteiger partial charge in [-0.05, 0) is 49.2 Å². The number of aryl methyl sites for hydroxylation is 1. The smallest absolute Gasteiger partial charge is 0.163 e. The number of hydrogen-bond donors (Lipinski definition) is 0. The molecule has 130 valence electrons. The molecule has 0 saturated heterocycles. The first-order valence-corrected chi connectivity index (χ1v) is 7.89. The lowest BCUT2D eigenvalue weighted by molar-refractivity contribution is 0.101. The van der Waals surface area contributed by atoms with E-state index in [0.29, 0.717) is 16.3 Å². The Morgan fingerprint density at radius 3 is 2.04 bits per heavy atom. The summed E-state index contributed by atoms with van der Waals surface area (Å²) in [5.41, 5.74) is 1.81. The summed E-state index contributed by atoms with van der Waals surface area (Å²) in [5.74, 6) is 2.09. The fourth-order valence-corrected chi connectivity index (χ4v) is 2.22. The average Bonchev–Trinajstić information content (AvgIpc) is 2.61. The van der Waals surface area contributed by atoms with Crippen LogP contribution in [0.5, 0.6) is 17.2 Å². The monoisotopic (exact) mass is 350 g/mol. The molecule has 24 heavy (non-hydrogen) atoms. The van der Waals surface area contributed by atoms with Crippen molar-refractivity contribution < 1.29 is 19.0 Å². The van der Waals surface area contributed by atoms with Gasteiger partial charge in [-0.2, -0.15) is 0 Å². The lowest BCUT2D eigenvalue weighted by atomic mass is 10.1. The van der Waals surface area contributed by atoms with Gasteiger partial charge in [0.2, 0.25) is 0 Å². The second-order valence-electron chi connectivity index (χ2n) is 4.94. The van der Waals surface area contributed by atoms with Crippen molar-refractivity contribution in [3.63, 3.8) is 0 Å². The molecule has 2 aromatic rings. The number of benzene rings is 2. The summed E-state index contributed by atoms with van der Waals surface area (Å²) in [7, 11) is 4.80. The highest BCUT2D eigenvalue weighted by Gasteiger charge is 2.07. The number of methoxy groups -OCH3 is 3. The van der Waals surface area contributed by atoms with Gasteiger partial charge in [-0.3, -0.25) is 4.79 Å². The van der Waals surface area contributed by atoms with Gasteiger partial charge >= 0.3 is 0 Å². The predicted octanol–water partition coefficient (Wildman–Crippen LogP) is 4.82. The first-order chi connectivity index (χ1) is 11.5. The highest BCUT2D eigenvalue weighted by Crippen LogP contribution is 2.27. The van der Waals surface area contributed by atoms with Crippen LogP contribution < -0.4 is 14.2 Å². The molecule has 0 bridgehead atoms. The maximum Gasteiger partial charge on any atom is 0.163 e. The summed E-state index contributed by atoms with van der Waals surface area (Å²) >= 11 is 5.71. The molecule has 0 atom stereocenters. The molecule has 0 spiro atoms. The van der Waals surface area contributed by atoms with Gasteiger partial charge < -0.3 is 14.2 Å². The fourth-order valence-electron chi connectivity index (χ4n) is 2.06. The van der Waals surface area contributed by atoms with Crippen molar-refractivity contribution in [2.24, 2.45) is 0 Å². The van der Waals surface area contributed by atoms with E-state index in [1.54, 1.807) is 32.4 Å². The zero-order valence-corrected chi connectivity index (χ0v) is 15.4. The number of hydrogen-bond acceptors (Lipinski definition) is 4. The second-order valence-corrected chi connectivity index (χ2v) is 5.38. The summed E-state index contributed by atoms with van der Waals surface area (Å²) < 4.78 is 15.2. The zero-order valence-electron chi connectivity index (χ0n) is 14.7. The first-order valence-electron chi connectivity index (χ1n) is 7.52. The minimum atomic E-state index is -0.0245. The third-order valence-electron chi connectivity index (χ3n) is 3.40. The minimum Gasteiger partial charge on any atom is -0.496 e. The van der Waals surface area contributed by atoms with Gasteiger partial charge in [-0.15, -0.1) is 0 Å². The van der Waals surface area contributed by atoms with Crippen LogP contribution >= 0.6 is 11.6 Å². The molecular formula is C19H23ClO4. The number of carbonyl (C=O) groups is 1. The number of ether oxygens (including phenoxy) is 3. The first kappa shape index (κ1) is 19.8. The Balaban J connectivity index is 0.000000240. The van der Waals surface area contributed by atoms with E-state index in [4.69, 9.17) is 25.8 Å². The Labute approximate surface area is 148 Å². The highest BCUT2D eigenvalue weighted by molar-refractivity contribution is 6.30. The number of ketones is 1. The van der Waals surface area contributed by atoms with Crippen LogP contribution in [0.1, 0.15) is 29.8 Å². The van der Waals surface area contributed by atoms with Crippen molar-refractivity contribution in [1.82, 2.24) is 0 Å². The maximum absolute atomic E-state index is 11.0. The quantitative estimate of drug-likeness (QED) is 0.725. The van der Waals surface area contributed by atoms with Gasteiger partial charge in [0.1, 0.15) is 5.75 Å². The Bertz CT molecular complexity index is 683. The standard InChI is InChI=1S/C10H14O2.C9H9ClO2/c1-4-8-5-6-9(11-2)10(7-8)12-3;1-6(11)8-4-3-7(10)5-9(8)12-2/h5-7H,4H2,1-3H3;3-5H,1-2H3. The van der Waals surface area contributed by atoms with Crippen LogP contribution in [0.25, 0.3) is 0 Å². The van der Waals surface area contributed by atoms with Crippen molar-refractivity contribution in [2.45, 2.75) is 20.3 Å². The summed E-state index contributed by atoms with van der Waals surface area (Å²) in [4.78, 5) is 11.0. The molecule has 0 aromatic heterocycles. The number of rotatable bonds is 5. The van der Waals surface area contributed by atoms with Crippen LogP contribution in [0.15, 0.2) is 36.4 Å². The molecule has 0 heterocycles. The lowest BCUT2D eigenvalue weighted by Crippen LogP contribution is -1.96. The number of carbonyl (C=O) groups excluding carboxylic acids is 1. The predicted molar refractivity (Wildman–Crippen MR) is 96.9 cm³/mol. The van der Waals surface area contributed by atoms with Crippen LogP contribution in [0.3, 0.4) is 0 Å². The Morgan fingerprint density at radius 1 is 0.917 bits per heavy atom. The van der Waals surface area contributed by atoms with Crippen molar-refractivity contribution in [1.29, 1.82) is 0 Å². The normalized spacial score (nSPS) is 9.58. The molecule has 0 aliphatic carbocycles. The lowest BCUT2D eigenvalue weighted by Gasteiger charge is -2.07. The molecule has 0 amide bonds. The molecule has 0 saturated carbocycles. The molecule has 0 aliphatic rings. The van der Waals surface area contributed by atoms with E-state index in [2.05, 4.69) is 6.92 Å². The SMILES string of the molecule is CCc1ccc(OC)c(OC)c1.COc1cc(Cl)ccc1C(C)=O. The van der Waals surface area contributed by atoms with Gasteiger partial charge in [-0.25, -0.2) is 0 Å². The summed E-state index contributed by atoms with van der Waals surface area (Å²) in [5, 5.41) is 0.567. The van der Waals surface area contributed by atoms with Crippen LogP contribution in [-0.2, 0) is 6.42 Å². The van der Waals surface area contributed by atoms with Crippen molar-refractivity contribution in [2.75, 3.05) is 21.3 Å². The van der Waals surface area contributed by atoms with Crippen LogP contribution in [0.4, 0.5) is 0 Å². The van der Waals surface area contributed by atoms with E-state index < -0.39 is 0 Å². The van der Waals surface area contributed by atoms with Gasteiger partial charge in [0.15, 0.2) is 17.3 Å². The van der Waals surface area contributed by atoms with E-state index in [1.165, 1.54) is 19.6 Å². The number of Topliss-reactive ketones (excluding diaryl/α,β-unsaturated/α-hetero) is 1. The molecule has 0 radical (unpaired) electrons. The number of halogens is 1. The van der Waals surface area contributed by atoms with Crippen molar-refractivity contribution >= 4 is 17.4 Å². The zero-order chi connectivity index (χ0) is 18.1. The topological polar surface area (TPSA) is 44.8 Å². The Morgan fingerprint density at radius 2 is 1.54 bits per heavy atom. The van der Waals surface area contributed by atoms with Crippen molar-refractivity contribution in [3.8, 4) is 17.2 Å². The van der Waals surface area contributed by atoms with E-state index in [1.807, 2.05) is 18.2 Å². The highest BCUT2D eigenvalue weighted by atomic mass is 35.5. The molecule has 0 fully saturated rings. The Kier molecular flexibility index (Phi) is 8.13. The summed E-state index contributed by atoms with van der Waals surface area (Å²) in [6.07, 6.45) is 1.01. The van der Waals surface area contributed by atoms with E-state index in [0.717, 1.165) is 17.9 Å². The molecule has 2 rings (SSSR count). The fraction of sp³-hybridized carbons (Fsp3) is 0.316. The van der Waals surface area contributed by atoms with Crippen LogP contribution in [0, 0.1) is 0 Å². The molecule has 5 heteroatoms. The molecule has 0 N–H and O–H groups in total. The summed E-state index contributed by atoms with van der Waals surface area (Å²) in [6, 6.07) is 10.9. The van der Waals surface area contributed by atoms with Gasteiger partial charge in [-0.1, -0.05) is 24.6 Å². The Hall–Kier alpha value is -2.20. The largest absolute Gasteiger partial charge is 0.496 e. The third kappa shape index (κ3) is 5.46. The molecule has 0 unspecified atom stereocenters. The van der Waals surface area contributed by atoms with E-state index >= 15 is 0 Å². The van der Waals surface area contributed by atoms with Gasteiger partial charge in [0, 0.05) is 5.02 Å². The maximum atomic E-state index is 11.0. The second kappa shape index (κ2) is 9.83. The minimum absolute atomic E-state index is 0.0245. The van der Waals surface area contributed by atoms with Crippen LogP contribution in [0.2, 0.25) is 5.02 Å². The van der Waals surface area contributed by atoms with Crippen LogP contribution in [-0.4, -0.2) is 27.1 Å². The molecule has 4 nitrogen and oxygen atoms in total. The van der Waals surface area contributed by atoms with E-state index in [-0.39, 0.29) is 5.78 Å². The van der Waals surface area contributed by atoms with Gasteiger partial charge in [0.25, 0.3) is 0 Å². The third-order valence-corrected chi connectivity index (χ3v) is 3.63. The molecule has 2 aromatic carbocycles.